The van der Waals surface area contributed by atoms with Gasteiger partial charge in [0.1, 0.15) is 5.75 Å². The van der Waals surface area contributed by atoms with Crippen molar-refractivity contribution in [3.8, 4) is 5.75 Å². The van der Waals surface area contributed by atoms with E-state index in [4.69, 9.17) is 4.74 Å². The highest BCUT2D eigenvalue weighted by Crippen LogP contribution is 2.22. The lowest BCUT2D eigenvalue weighted by molar-refractivity contribution is -0.384. The van der Waals surface area contributed by atoms with Gasteiger partial charge in [-0.3, -0.25) is 14.9 Å². The van der Waals surface area contributed by atoms with E-state index in [9.17, 15) is 14.9 Å². The molecule has 0 unspecified atom stereocenters. The van der Waals surface area contributed by atoms with Gasteiger partial charge < -0.3 is 10.1 Å². The van der Waals surface area contributed by atoms with E-state index in [1.165, 1.54) is 18.3 Å². The summed E-state index contributed by atoms with van der Waals surface area (Å²) < 4.78 is 5.17. The average molecular weight is 328 g/mol. The molecular weight excluding hydrogens is 312 g/mol. The number of carbonyl (C=O) groups is 1. The van der Waals surface area contributed by atoms with Gasteiger partial charge in [0.25, 0.3) is 11.6 Å². The quantitative estimate of drug-likeness (QED) is 0.460. The van der Waals surface area contributed by atoms with Crippen LogP contribution in [0.4, 0.5) is 11.4 Å². The van der Waals surface area contributed by atoms with Gasteiger partial charge in [0, 0.05) is 17.7 Å². The minimum absolute atomic E-state index is 0.00660. The lowest BCUT2D eigenvalue weighted by Crippen LogP contribution is -2.26. The third-order valence-corrected chi connectivity index (χ3v) is 3.03. The molecule has 0 aromatic heterocycles. The van der Waals surface area contributed by atoms with E-state index < -0.39 is 4.92 Å². The van der Waals surface area contributed by atoms with Crippen LogP contribution in [0.1, 0.15) is 5.56 Å². The second-order valence-electron chi connectivity index (χ2n) is 4.70. The number of carbonyl (C=O) groups excluding carboxylic acids is 1. The lowest BCUT2D eigenvalue weighted by Gasteiger charge is -2.09. The molecule has 0 aliphatic heterocycles. The van der Waals surface area contributed by atoms with Crippen molar-refractivity contribution in [2.45, 2.75) is 0 Å². The number of anilines is 1. The summed E-state index contributed by atoms with van der Waals surface area (Å²) in [5.74, 6) is 0.271. The number of non-ortho nitro benzene ring substituents is 1. The van der Waals surface area contributed by atoms with Crippen LogP contribution in [0.3, 0.4) is 0 Å². The summed E-state index contributed by atoms with van der Waals surface area (Å²) in [4.78, 5) is 21.9. The predicted octanol–water partition coefficient (Wildman–Crippen LogP) is 2.17. The summed E-state index contributed by atoms with van der Waals surface area (Å²) in [5, 5.41) is 17.4. The van der Waals surface area contributed by atoms with Crippen molar-refractivity contribution in [3.63, 3.8) is 0 Å². The van der Waals surface area contributed by atoms with Crippen molar-refractivity contribution in [1.29, 1.82) is 0 Å². The molecule has 0 aliphatic carbocycles. The van der Waals surface area contributed by atoms with E-state index in [1.54, 1.807) is 31.4 Å². The van der Waals surface area contributed by atoms with Gasteiger partial charge in [-0.1, -0.05) is 24.3 Å². The molecule has 0 saturated carbocycles. The highest BCUT2D eigenvalue weighted by Gasteiger charge is 2.05. The Balaban J connectivity index is 1.87. The monoisotopic (exact) mass is 328 g/mol. The van der Waals surface area contributed by atoms with Crippen molar-refractivity contribution in [1.82, 2.24) is 5.43 Å². The van der Waals surface area contributed by atoms with Crippen molar-refractivity contribution in [2.24, 2.45) is 5.10 Å². The first-order valence-corrected chi connectivity index (χ1v) is 7.03. The van der Waals surface area contributed by atoms with Gasteiger partial charge in [-0.2, -0.15) is 5.10 Å². The number of methoxy groups -OCH3 is 1. The fourth-order valence-electron chi connectivity index (χ4n) is 1.90. The number of nitrogens with one attached hydrogen (secondary N) is 2. The highest BCUT2D eigenvalue weighted by molar-refractivity contribution is 5.85. The second-order valence-corrected chi connectivity index (χ2v) is 4.70. The summed E-state index contributed by atoms with van der Waals surface area (Å²) in [7, 11) is 1.55. The smallest absolute Gasteiger partial charge is 0.270 e. The van der Waals surface area contributed by atoms with Crippen molar-refractivity contribution >= 4 is 23.5 Å². The molecule has 0 fully saturated rings. The molecule has 2 aromatic carbocycles. The van der Waals surface area contributed by atoms with E-state index in [0.717, 1.165) is 0 Å². The van der Waals surface area contributed by atoms with Crippen molar-refractivity contribution in [3.05, 3.63) is 64.2 Å². The Bertz CT molecular complexity index is 761. The predicted molar refractivity (Wildman–Crippen MR) is 90.3 cm³/mol. The Kier molecular flexibility index (Phi) is 5.84. The van der Waals surface area contributed by atoms with E-state index in [-0.39, 0.29) is 18.1 Å². The Labute approximate surface area is 138 Å². The summed E-state index contributed by atoms with van der Waals surface area (Å²) in [6.45, 7) is 0.00660. The van der Waals surface area contributed by atoms with Gasteiger partial charge in [0.2, 0.25) is 0 Å². The molecule has 0 atom stereocenters. The van der Waals surface area contributed by atoms with Gasteiger partial charge in [-0.25, -0.2) is 5.43 Å². The molecule has 2 N–H and O–H groups in total. The first kappa shape index (κ1) is 16.9. The lowest BCUT2D eigenvalue weighted by atomic mass is 10.2. The van der Waals surface area contributed by atoms with Crippen LogP contribution in [0.25, 0.3) is 0 Å². The Morgan fingerprint density at radius 2 is 2.08 bits per heavy atom. The van der Waals surface area contributed by atoms with Crippen LogP contribution < -0.4 is 15.5 Å². The van der Waals surface area contributed by atoms with Gasteiger partial charge in [0.05, 0.1) is 30.5 Å². The SMILES string of the molecule is COc1ccccc1NCC(=O)NN=Cc1cccc([N+](=O)[O-])c1. The Morgan fingerprint density at radius 1 is 1.29 bits per heavy atom. The molecular formula is C16H16N4O4. The Hall–Kier alpha value is -3.42. The average Bonchev–Trinajstić information content (AvgIpc) is 2.60. The van der Waals surface area contributed by atoms with Gasteiger partial charge >= 0.3 is 0 Å². The number of nitro groups is 1. The minimum Gasteiger partial charge on any atom is -0.495 e. The molecule has 8 heteroatoms. The van der Waals surface area contributed by atoms with Crippen LogP contribution >= 0.6 is 0 Å². The zero-order chi connectivity index (χ0) is 17.4. The minimum atomic E-state index is -0.493. The van der Waals surface area contributed by atoms with Crippen LogP contribution in [0.15, 0.2) is 53.6 Å². The van der Waals surface area contributed by atoms with Crippen LogP contribution in [0.2, 0.25) is 0 Å². The topological polar surface area (TPSA) is 106 Å². The number of para-hydroxylation sites is 2. The molecule has 0 aliphatic rings. The van der Waals surface area contributed by atoms with Crippen LogP contribution in [0.5, 0.6) is 5.75 Å². The number of rotatable bonds is 7. The van der Waals surface area contributed by atoms with Gasteiger partial charge in [0.15, 0.2) is 0 Å². The number of hydrazone groups is 1. The van der Waals surface area contributed by atoms with Crippen LogP contribution in [-0.2, 0) is 4.79 Å². The maximum absolute atomic E-state index is 11.7. The third-order valence-electron chi connectivity index (χ3n) is 3.03. The fraction of sp³-hybridized carbons (Fsp3) is 0.125. The number of benzene rings is 2. The molecule has 2 aromatic rings. The number of amides is 1. The van der Waals surface area contributed by atoms with E-state index in [2.05, 4.69) is 15.8 Å². The molecule has 124 valence electrons. The maximum atomic E-state index is 11.7. The van der Waals surface area contributed by atoms with E-state index >= 15 is 0 Å². The molecule has 1 amide bonds. The first-order valence-electron chi connectivity index (χ1n) is 7.03. The molecule has 0 bridgehead atoms. The molecule has 0 spiro atoms. The number of hydrogen-bond donors (Lipinski definition) is 2. The van der Waals surface area contributed by atoms with Crippen molar-refractivity contribution in [2.75, 3.05) is 19.0 Å². The fourth-order valence-corrected chi connectivity index (χ4v) is 1.90. The number of hydrogen-bond acceptors (Lipinski definition) is 6. The number of nitro benzene ring substituents is 1. The van der Waals surface area contributed by atoms with Crippen LogP contribution in [0, 0.1) is 10.1 Å². The highest BCUT2D eigenvalue weighted by atomic mass is 16.6. The molecule has 2 rings (SSSR count). The maximum Gasteiger partial charge on any atom is 0.270 e. The van der Waals surface area contributed by atoms with E-state index in [1.807, 2.05) is 12.1 Å². The normalized spacial score (nSPS) is 10.4. The summed E-state index contributed by atoms with van der Waals surface area (Å²) >= 11 is 0. The molecule has 0 saturated heterocycles. The van der Waals surface area contributed by atoms with Crippen LogP contribution in [-0.4, -0.2) is 30.7 Å². The van der Waals surface area contributed by atoms with Gasteiger partial charge in [-0.15, -0.1) is 0 Å². The molecule has 24 heavy (non-hydrogen) atoms. The largest absolute Gasteiger partial charge is 0.495 e. The number of ether oxygens (including phenoxy) is 1. The Morgan fingerprint density at radius 3 is 2.83 bits per heavy atom. The first-order chi connectivity index (χ1) is 11.6. The standard InChI is InChI=1S/C16H16N4O4/c1-24-15-8-3-2-7-14(15)17-11-16(21)19-18-10-12-5-4-6-13(9-12)20(22)23/h2-10,17H,11H2,1H3,(H,19,21). The second kappa shape index (κ2) is 8.28. The van der Waals surface area contributed by atoms with E-state index in [0.29, 0.717) is 17.0 Å². The number of nitrogens with zero attached hydrogens (tertiary/aromatic N) is 2. The van der Waals surface area contributed by atoms with Gasteiger partial charge in [-0.05, 0) is 12.1 Å². The zero-order valence-electron chi connectivity index (χ0n) is 12.9. The third kappa shape index (κ3) is 4.80. The molecule has 0 heterocycles. The van der Waals surface area contributed by atoms with Crippen molar-refractivity contribution < 1.29 is 14.5 Å². The summed E-state index contributed by atoms with van der Waals surface area (Å²) in [6, 6.07) is 13.2. The zero-order valence-corrected chi connectivity index (χ0v) is 12.9. The molecule has 8 nitrogen and oxygen atoms in total. The summed E-state index contributed by atoms with van der Waals surface area (Å²) in [5.41, 5.74) is 3.51. The summed E-state index contributed by atoms with van der Waals surface area (Å²) in [6.07, 6.45) is 1.34. The molecule has 0 radical (unpaired) electrons.